The first-order chi connectivity index (χ1) is 14.4. The molecule has 0 radical (unpaired) electrons. The van der Waals surface area contributed by atoms with Gasteiger partial charge in [0.15, 0.2) is 0 Å². The molecule has 0 N–H and O–H groups in total. The van der Waals surface area contributed by atoms with E-state index in [1.54, 1.807) is 0 Å². The van der Waals surface area contributed by atoms with Crippen molar-refractivity contribution in [3.05, 3.63) is 71.8 Å². The van der Waals surface area contributed by atoms with Crippen molar-refractivity contribution in [3.63, 3.8) is 0 Å². The molecule has 0 unspecified atom stereocenters. The average Bonchev–Trinajstić information content (AvgIpc) is 2.78. The van der Waals surface area contributed by atoms with Crippen LogP contribution < -0.4 is 0 Å². The van der Waals surface area contributed by atoms with E-state index >= 15 is 0 Å². The van der Waals surface area contributed by atoms with E-state index in [-0.39, 0.29) is 0 Å². The summed E-state index contributed by atoms with van der Waals surface area (Å²) in [6.07, 6.45) is 21.2. The quantitative estimate of drug-likeness (QED) is 0.264. The topological polar surface area (TPSA) is 0 Å². The lowest BCUT2D eigenvalue weighted by molar-refractivity contribution is 0.542. The molecule has 0 bridgehead atoms. The van der Waals surface area contributed by atoms with Gasteiger partial charge >= 0.3 is 0 Å². The molecule has 0 heteroatoms. The fourth-order valence-corrected chi connectivity index (χ4v) is 3.67. The van der Waals surface area contributed by atoms with E-state index in [1.807, 2.05) is 0 Å². The van der Waals surface area contributed by atoms with Crippen LogP contribution in [0.25, 0.3) is 0 Å². The predicted octanol–water partition coefficient (Wildman–Crippen LogP) is 9.57. The fourth-order valence-electron chi connectivity index (χ4n) is 3.67. The van der Waals surface area contributed by atoms with Gasteiger partial charge in [-0.1, -0.05) is 158 Å². The molecule has 0 spiro atoms. The molecule has 0 aliphatic rings. The first kappa shape index (κ1) is 25.5. The Bertz CT molecular complexity index is 491. The van der Waals surface area contributed by atoms with E-state index in [0.717, 1.165) is 12.8 Å². The van der Waals surface area contributed by atoms with Gasteiger partial charge in [0.05, 0.1) is 0 Å². The Balaban J connectivity index is 0.000000290. The maximum atomic E-state index is 2.29. The second kappa shape index (κ2) is 19.7. The fraction of sp³-hybridized carbons (Fsp3) is 0.586. The summed E-state index contributed by atoms with van der Waals surface area (Å²) >= 11 is 0. The van der Waals surface area contributed by atoms with Gasteiger partial charge in [-0.2, -0.15) is 0 Å². The van der Waals surface area contributed by atoms with Crippen molar-refractivity contribution in [2.45, 2.75) is 110 Å². The van der Waals surface area contributed by atoms with Crippen LogP contribution in [0.1, 0.15) is 108 Å². The van der Waals surface area contributed by atoms with E-state index in [9.17, 15) is 0 Å². The first-order valence-electron chi connectivity index (χ1n) is 12.4. The zero-order valence-corrected chi connectivity index (χ0v) is 19.4. The molecule has 0 aliphatic carbocycles. The number of hydrogen-bond donors (Lipinski definition) is 0. The molecule has 0 atom stereocenters. The molecule has 29 heavy (non-hydrogen) atoms. The number of unbranched alkanes of at least 4 members (excludes halogenated alkanes) is 12. The van der Waals surface area contributed by atoms with Gasteiger partial charge in [0.2, 0.25) is 0 Å². The molecular formula is C29H46. The number of benzene rings is 2. The zero-order chi connectivity index (χ0) is 20.8. The first-order valence-corrected chi connectivity index (χ1v) is 12.4. The van der Waals surface area contributed by atoms with Gasteiger partial charge < -0.3 is 0 Å². The highest BCUT2D eigenvalue weighted by molar-refractivity contribution is 5.19. The standard InChI is InChI=1S/C15H32.C14H14/c1-3-5-7-9-11-13-15-14-12-10-8-6-4-2;1-3-7-13(8-4-1)11-12-14-9-5-2-6-10-14/h3-15H2,1-2H3;1-10H,11-12H2. The molecule has 0 nitrogen and oxygen atoms in total. The van der Waals surface area contributed by atoms with Gasteiger partial charge in [-0.3, -0.25) is 0 Å². The SMILES string of the molecule is CCCCCCCCCCCCCCC.c1ccc(CCc2ccccc2)cc1. The summed E-state index contributed by atoms with van der Waals surface area (Å²) in [7, 11) is 0. The van der Waals surface area contributed by atoms with E-state index in [1.165, 1.54) is 94.6 Å². The second-order valence-corrected chi connectivity index (χ2v) is 8.36. The molecule has 2 rings (SSSR count). The van der Waals surface area contributed by atoms with Crippen LogP contribution in [0.2, 0.25) is 0 Å². The maximum Gasteiger partial charge on any atom is -0.0238 e. The van der Waals surface area contributed by atoms with Crippen LogP contribution in [0, 0.1) is 0 Å². The van der Waals surface area contributed by atoms with Crippen molar-refractivity contribution in [2.24, 2.45) is 0 Å². The predicted molar refractivity (Wildman–Crippen MR) is 132 cm³/mol. The zero-order valence-electron chi connectivity index (χ0n) is 19.4. The number of hydrogen-bond acceptors (Lipinski definition) is 0. The molecule has 0 saturated heterocycles. The van der Waals surface area contributed by atoms with Gasteiger partial charge in [0.1, 0.15) is 0 Å². The van der Waals surface area contributed by atoms with E-state index in [4.69, 9.17) is 0 Å². The Morgan fingerprint density at radius 1 is 0.379 bits per heavy atom. The molecule has 0 amide bonds. The van der Waals surface area contributed by atoms with Gasteiger partial charge in [-0.05, 0) is 24.0 Å². The van der Waals surface area contributed by atoms with E-state index in [0.29, 0.717) is 0 Å². The Hall–Kier alpha value is -1.56. The van der Waals surface area contributed by atoms with Crippen molar-refractivity contribution in [1.82, 2.24) is 0 Å². The molecule has 2 aromatic rings. The molecule has 162 valence electrons. The third-order valence-electron chi connectivity index (χ3n) is 5.60. The van der Waals surface area contributed by atoms with Crippen LogP contribution in [0.5, 0.6) is 0 Å². The largest absolute Gasteiger partial charge is 0.0654 e. The van der Waals surface area contributed by atoms with Gasteiger partial charge in [0, 0.05) is 0 Å². The average molecular weight is 395 g/mol. The summed E-state index contributed by atoms with van der Waals surface area (Å²) in [6.45, 7) is 4.58. The smallest absolute Gasteiger partial charge is 0.0238 e. The molecule has 0 aliphatic heterocycles. The van der Waals surface area contributed by atoms with Crippen molar-refractivity contribution >= 4 is 0 Å². The molecule has 0 heterocycles. The van der Waals surface area contributed by atoms with E-state index in [2.05, 4.69) is 74.5 Å². The van der Waals surface area contributed by atoms with E-state index < -0.39 is 0 Å². The summed E-state index contributed by atoms with van der Waals surface area (Å²) in [5, 5.41) is 0. The minimum atomic E-state index is 1.13. The highest BCUT2D eigenvalue weighted by Crippen LogP contribution is 2.12. The lowest BCUT2D eigenvalue weighted by Gasteiger charge is -2.01. The molecule has 2 aromatic carbocycles. The van der Waals surface area contributed by atoms with Crippen molar-refractivity contribution in [2.75, 3.05) is 0 Å². The van der Waals surface area contributed by atoms with Crippen molar-refractivity contribution in [1.29, 1.82) is 0 Å². The summed E-state index contributed by atoms with van der Waals surface area (Å²) in [4.78, 5) is 0. The van der Waals surface area contributed by atoms with Crippen LogP contribution in [-0.4, -0.2) is 0 Å². The lowest BCUT2D eigenvalue weighted by Crippen LogP contribution is -1.89. The normalized spacial score (nSPS) is 10.4. The highest BCUT2D eigenvalue weighted by atomic mass is 14.0. The van der Waals surface area contributed by atoms with Crippen LogP contribution in [0.15, 0.2) is 60.7 Å². The maximum absolute atomic E-state index is 2.29. The van der Waals surface area contributed by atoms with Crippen molar-refractivity contribution < 1.29 is 0 Å². The summed E-state index contributed by atoms with van der Waals surface area (Å²) < 4.78 is 0. The van der Waals surface area contributed by atoms with Crippen LogP contribution >= 0.6 is 0 Å². The minimum absolute atomic E-state index is 1.13. The monoisotopic (exact) mass is 394 g/mol. The summed E-state index contributed by atoms with van der Waals surface area (Å²) in [6, 6.07) is 21.2. The molecule has 0 fully saturated rings. The Kier molecular flexibility index (Phi) is 17.3. The summed E-state index contributed by atoms with van der Waals surface area (Å²) in [5.74, 6) is 0. The minimum Gasteiger partial charge on any atom is -0.0654 e. The van der Waals surface area contributed by atoms with Gasteiger partial charge in [-0.15, -0.1) is 0 Å². The van der Waals surface area contributed by atoms with Crippen molar-refractivity contribution in [3.8, 4) is 0 Å². The lowest BCUT2D eigenvalue weighted by atomic mass is 10.0. The Labute approximate surface area is 182 Å². The Morgan fingerprint density at radius 3 is 0.931 bits per heavy atom. The summed E-state index contributed by atoms with van der Waals surface area (Å²) in [5.41, 5.74) is 2.83. The highest BCUT2D eigenvalue weighted by Gasteiger charge is 1.94. The second-order valence-electron chi connectivity index (χ2n) is 8.36. The van der Waals surface area contributed by atoms with Gasteiger partial charge in [0.25, 0.3) is 0 Å². The third kappa shape index (κ3) is 16.0. The Morgan fingerprint density at radius 2 is 0.655 bits per heavy atom. The number of rotatable bonds is 15. The molecule has 0 aromatic heterocycles. The number of aryl methyl sites for hydroxylation is 2. The van der Waals surface area contributed by atoms with Crippen LogP contribution in [0.4, 0.5) is 0 Å². The van der Waals surface area contributed by atoms with Crippen LogP contribution in [-0.2, 0) is 12.8 Å². The van der Waals surface area contributed by atoms with Crippen LogP contribution in [0.3, 0.4) is 0 Å². The molecular weight excluding hydrogens is 348 g/mol. The molecule has 0 saturated carbocycles. The third-order valence-corrected chi connectivity index (χ3v) is 5.60. The van der Waals surface area contributed by atoms with Gasteiger partial charge in [-0.25, -0.2) is 0 Å².